The van der Waals surface area contributed by atoms with Gasteiger partial charge in [-0.2, -0.15) is 0 Å². The molecule has 1 aliphatic heterocycles. The van der Waals surface area contributed by atoms with E-state index in [9.17, 15) is 0 Å². The summed E-state index contributed by atoms with van der Waals surface area (Å²) in [6.07, 6.45) is 0. The number of hydrogen-bond acceptors (Lipinski definition) is 2. The SMILES string of the molecule is CN1CCN(Cc2cc(I)ccc2Br)CC1. The van der Waals surface area contributed by atoms with Crippen LogP contribution in [0.5, 0.6) is 0 Å². The van der Waals surface area contributed by atoms with E-state index in [4.69, 9.17) is 0 Å². The molecule has 16 heavy (non-hydrogen) atoms. The van der Waals surface area contributed by atoms with Crippen molar-refractivity contribution in [1.29, 1.82) is 0 Å². The number of nitrogens with zero attached hydrogens (tertiary/aromatic N) is 2. The van der Waals surface area contributed by atoms with Gasteiger partial charge in [0.1, 0.15) is 0 Å². The Labute approximate surface area is 119 Å². The van der Waals surface area contributed by atoms with E-state index in [2.05, 4.69) is 73.6 Å². The van der Waals surface area contributed by atoms with Gasteiger partial charge in [0.2, 0.25) is 0 Å². The van der Waals surface area contributed by atoms with Gasteiger partial charge in [-0.3, -0.25) is 4.90 Å². The molecule has 0 bridgehead atoms. The first-order valence-electron chi connectivity index (χ1n) is 5.50. The second-order valence-corrected chi connectivity index (χ2v) is 6.42. The first-order chi connectivity index (χ1) is 7.65. The zero-order valence-electron chi connectivity index (χ0n) is 9.42. The number of rotatable bonds is 2. The molecule has 1 aromatic carbocycles. The molecule has 0 aliphatic carbocycles. The maximum Gasteiger partial charge on any atom is 0.0246 e. The van der Waals surface area contributed by atoms with Crippen molar-refractivity contribution in [1.82, 2.24) is 9.80 Å². The Morgan fingerprint density at radius 1 is 1.25 bits per heavy atom. The van der Waals surface area contributed by atoms with Crippen molar-refractivity contribution >= 4 is 38.5 Å². The minimum absolute atomic E-state index is 1.06. The summed E-state index contributed by atoms with van der Waals surface area (Å²) in [5, 5.41) is 0. The molecular formula is C12H16BrIN2. The summed E-state index contributed by atoms with van der Waals surface area (Å²) in [6.45, 7) is 5.77. The fourth-order valence-corrected chi connectivity index (χ4v) is 2.84. The Balaban J connectivity index is 2.00. The summed E-state index contributed by atoms with van der Waals surface area (Å²) < 4.78 is 2.54. The summed E-state index contributed by atoms with van der Waals surface area (Å²) in [6, 6.07) is 6.55. The summed E-state index contributed by atoms with van der Waals surface area (Å²) >= 11 is 6.00. The van der Waals surface area contributed by atoms with E-state index in [-0.39, 0.29) is 0 Å². The van der Waals surface area contributed by atoms with Gasteiger partial charge >= 0.3 is 0 Å². The van der Waals surface area contributed by atoms with Crippen LogP contribution in [0.1, 0.15) is 5.56 Å². The standard InChI is InChI=1S/C12H16BrIN2/c1-15-4-6-16(7-5-15)9-10-8-11(14)2-3-12(10)13/h2-3,8H,4-7,9H2,1H3. The predicted octanol–water partition coefficient (Wildman–Crippen LogP) is 2.80. The normalized spacial score (nSPS) is 18.9. The van der Waals surface area contributed by atoms with Crippen molar-refractivity contribution < 1.29 is 0 Å². The van der Waals surface area contributed by atoms with E-state index < -0.39 is 0 Å². The summed E-state index contributed by atoms with van der Waals surface area (Å²) in [5.74, 6) is 0. The smallest absolute Gasteiger partial charge is 0.0246 e. The van der Waals surface area contributed by atoms with Crippen molar-refractivity contribution in [2.24, 2.45) is 0 Å². The molecule has 1 aromatic rings. The van der Waals surface area contributed by atoms with Gasteiger partial charge in [0, 0.05) is 40.8 Å². The first-order valence-corrected chi connectivity index (χ1v) is 7.37. The van der Waals surface area contributed by atoms with Crippen LogP contribution in [0.4, 0.5) is 0 Å². The van der Waals surface area contributed by atoms with Crippen LogP contribution in [0.3, 0.4) is 0 Å². The monoisotopic (exact) mass is 394 g/mol. The Morgan fingerprint density at radius 3 is 2.62 bits per heavy atom. The summed E-state index contributed by atoms with van der Waals surface area (Å²) in [4.78, 5) is 4.91. The van der Waals surface area contributed by atoms with Crippen molar-refractivity contribution in [3.8, 4) is 0 Å². The molecule has 1 saturated heterocycles. The van der Waals surface area contributed by atoms with Crippen LogP contribution >= 0.6 is 38.5 Å². The third-order valence-corrected chi connectivity index (χ3v) is 4.44. The maximum atomic E-state index is 3.63. The molecule has 0 aromatic heterocycles. The molecule has 0 unspecified atom stereocenters. The number of halogens is 2. The Hall–Kier alpha value is 0.350. The lowest BCUT2D eigenvalue weighted by Crippen LogP contribution is -2.43. The van der Waals surface area contributed by atoms with Gasteiger partial charge in [0.05, 0.1) is 0 Å². The highest BCUT2D eigenvalue weighted by atomic mass is 127. The number of likely N-dealkylation sites (N-methyl/N-ethyl adjacent to an activating group) is 1. The van der Waals surface area contributed by atoms with E-state index in [1.807, 2.05) is 0 Å². The second kappa shape index (κ2) is 5.80. The lowest BCUT2D eigenvalue weighted by atomic mass is 10.2. The van der Waals surface area contributed by atoms with Crippen LogP contribution in [-0.4, -0.2) is 43.0 Å². The van der Waals surface area contributed by atoms with Crippen molar-refractivity contribution in [2.45, 2.75) is 6.54 Å². The minimum Gasteiger partial charge on any atom is -0.304 e. The van der Waals surface area contributed by atoms with E-state index in [0.717, 1.165) is 6.54 Å². The van der Waals surface area contributed by atoms with Gasteiger partial charge in [-0.05, 0) is 53.4 Å². The highest BCUT2D eigenvalue weighted by molar-refractivity contribution is 14.1. The topological polar surface area (TPSA) is 6.48 Å². The van der Waals surface area contributed by atoms with Crippen LogP contribution < -0.4 is 0 Å². The lowest BCUT2D eigenvalue weighted by molar-refractivity contribution is 0.148. The van der Waals surface area contributed by atoms with Gasteiger partial charge in [0.15, 0.2) is 0 Å². The average molecular weight is 395 g/mol. The third-order valence-electron chi connectivity index (χ3n) is 3.00. The molecular weight excluding hydrogens is 379 g/mol. The number of piperazine rings is 1. The van der Waals surface area contributed by atoms with Gasteiger partial charge in [-0.15, -0.1) is 0 Å². The molecule has 0 amide bonds. The van der Waals surface area contributed by atoms with Gasteiger partial charge < -0.3 is 4.90 Å². The van der Waals surface area contributed by atoms with Crippen LogP contribution in [0, 0.1) is 3.57 Å². The van der Waals surface area contributed by atoms with E-state index in [1.54, 1.807) is 0 Å². The fourth-order valence-electron chi connectivity index (χ4n) is 1.91. The van der Waals surface area contributed by atoms with E-state index in [0.29, 0.717) is 0 Å². The molecule has 2 nitrogen and oxygen atoms in total. The molecule has 0 saturated carbocycles. The maximum absolute atomic E-state index is 3.63. The summed E-state index contributed by atoms with van der Waals surface area (Å²) in [5.41, 5.74) is 1.40. The molecule has 0 N–H and O–H groups in total. The Bertz CT molecular complexity index is 362. The van der Waals surface area contributed by atoms with Crippen LogP contribution in [0.25, 0.3) is 0 Å². The zero-order chi connectivity index (χ0) is 11.5. The Kier molecular flexibility index (Phi) is 4.64. The quantitative estimate of drug-likeness (QED) is 0.711. The van der Waals surface area contributed by atoms with Crippen LogP contribution in [0.15, 0.2) is 22.7 Å². The predicted molar refractivity (Wildman–Crippen MR) is 79.6 cm³/mol. The zero-order valence-corrected chi connectivity index (χ0v) is 13.2. The van der Waals surface area contributed by atoms with Gasteiger partial charge in [0.25, 0.3) is 0 Å². The van der Waals surface area contributed by atoms with Crippen molar-refractivity contribution in [2.75, 3.05) is 33.2 Å². The molecule has 1 aliphatic rings. The molecule has 1 fully saturated rings. The van der Waals surface area contributed by atoms with E-state index >= 15 is 0 Å². The third kappa shape index (κ3) is 3.42. The average Bonchev–Trinajstić information content (AvgIpc) is 2.27. The Morgan fingerprint density at radius 2 is 1.94 bits per heavy atom. The number of hydrogen-bond donors (Lipinski definition) is 0. The van der Waals surface area contributed by atoms with Crippen LogP contribution in [0.2, 0.25) is 0 Å². The van der Waals surface area contributed by atoms with E-state index in [1.165, 1.54) is 39.8 Å². The van der Waals surface area contributed by atoms with Crippen LogP contribution in [-0.2, 0) is 6.54 Å². The van der Waals surface area contributed by atoms with Crippen molar-refractivity contribution in [3.05, 3.63) is 31.8 Å². The second-order valence-electron chi connectivity index (χ2n) is 4.32. The molecule has 0 spiro atoms. The summed E-state index contributed by atoms with van der Waals surface area (Å²) in [7, 11) is 2.19. The lowest BCUT2D eigenvalue weighted by Gasteiger charge is -2.32. The number of benzene rings is 1. The highest BCUT2D eigenvalue weighted by Crippen LogP contribution is 2.21. The van der Waals surface area contributed by atoms with Gasteiger partial charge in [-0.25, -0.2) is 0 Å². The molecule has 0 radical (unpaired) electrons. The first kappa shape index (κ1) is 12.8. The fraction of sp³-hybridized carbons (Fsp3) is 0.500. The largest absolute Gasteiger partial charge is 0.304 e. The molecule has 2 rings (SSSR count). The minimum atomic E-state index is 1.06. The van der Waals surface area contributed by atoms with Crippen molar-refractivity contribution in [3.63, 3.8) is 0 Å². The highest BCUT2D eigenvalue weighted by Gasteiger charge is 2.14. The molecule has 4 heteroatoms. The molecule has 88 valence electrons. The molecule has 0 atom stereocenters. The molecule has 1 heterocycles. The van der Waals surface area contributed by atoms with Gasteiger partial charge in [-0.1, -0.05) is 15.9 Å².